The number of rotatable bonds is 5. The number of hydrogen-bond donors (Lipinski definition) is 2. The maximum atomic E-state index is 11.1. The van der Waals surface area contributed by atoms with Crippen LogP contribution in [0.2, 0.25) is 25.7 Å². The van der Waals surface area contributed by atoms with Gasteiger partial charge >= 0.3 is 5.69 Å². The number of hydrogen-bond acceptors (Lipinski definition) is 4. The predicted molar refractivity (Wildman–Crippen MR) is 72.3 cm³/mol. The van der Waals surface area contributed by atoms with E-state index in [0.29, 0.717) is 23.6 Å². The lowest BCUT2D eigenvalue weighted by molar-refractivity contribution is 0.127. The molecule has 6 nitrogen and oxygen atoms in total. The van der Waals surface area contributed by atoms with Gasteiger partial charge < -0.3 is 9.72 Å². The van der Waals surface area contributed by atoms with Crippen LogP contribution in [0.3, 0.4) is 0 Å². The summed E-state index contributed by atoms with van der Waals surface area (Å²) in [7, 11) is -1.05. The first kappa shape index (κ1) is 13.0. The highest BCUT2D eigenvalue weighted by Gasteiger charge is 2.12. The van der Waals surface area contributed by atoms with Gasteiger partial charge in [-0.2, -0.15) is 0 Å². The van der Waals surface area contributed by atoms with Crippen LogP contribution in [0.5, 0.6) is 0 Å². The quantitative estimate of drug-likeness (QED) is 0.634. The number of imidazole rings is 1. The minimum absolute atomic E-state index is 0.267. The molecule has 2 rings (SSSR count). The van der Waals surface area contributed by atoms with Gasteiger partial charge in [0.2, 0.25) is 0 Å². The molecule has 0 amide bonds. The highest BCUT2D eigenvalue weighted by Crippen LogP contribution is 2.08. The van der Waals surface area contributed by atoms with Gasteiger partial charge in [0.25, 0.3) is 0 Å². The molecule has 2 N–H and O–H groups in total. The summed E-state index contributed by atoms with van der Waals surface area (Å²) in [6.07, 6.45) is 1.59. The average molecular weight is 266 g/mol. The van der Waals surface area contributed by atoms with Gasteiger partial charge in [-0.05, 0) is 6.04 Å². The van der Waals surface area contributed by atoms with Crippen LogP contribution in [0.15, 0.2) is 11.0 Å². The molecule has 2 aromatic heterocycles. The molecule has 0 aromatic carbocycles. The van der Waals surface area contributed by atoms with Crippen molar-refractivity contribution >= 4 is 19.2 Å². The minimum atomic E-state index is -1.05. The molecule has 0 atom stereocenters. The van der Waals surface area contributed by atoms with E-state index in [4.69, 9.17) is 4.74 Å². The van der Waals surface area contributed by atoms with Crippen molar-refractivity contribution in [2.45, 2.75) is 32.3 Å². The largest absolute Gasteiger partial charge is 0.374 e. The lowest BCUT2D eigenvalue weighted by Gasteiger charge is -2.14. The third-order valence-corrected chi connectivity index (χ3v) is 4.25. The molecule has 0 radical (unpaired) electrons. The molecule has 0 aliphatic heterocycles. The Morgan fingerprint density at radius 3 is 2.83 bits per heavy atom. The Balaban J connectivity index is 1.93. The van der Waals surface area contributed by atoms with Crippen LogP contribution in [0.4, 0.5) is 0 Å². The van der Waals surface area contributed by atoms with E-state index in [1.165, 1.54) is 0 Å². The Morgan fingerprint density at radius 1 is 1.33 bits per heavy atom. The average Bonchev–Trinajstić information content (AvgIpc) is 2.62. The van der Waals surface area contributed by atoms with Crippen molar-refractivity contribution in [2.24, 2.45) is 0 Å². The molecular formula is C11H18N4O2Si. The van der Waals surface area contributed by atoms with Crippen molar-refractivity contribution in [3.05, 3.63) is 22.5 Å². The smallest absolute Gasteiger partial charge is 0.325 e. The number of nitrogens with zero attached hydrogens (tertiary/aromatic N) is 2. The Kier molecular flexibility index (Phi) is 3.62. The van der Waals surface area contributed by atoms with Gasteiger partial charge in [0.05, 0.1) is 6.20 Å². The number of fused-ring (bicyclic) bond motifs is 1. The van der Waals surface area contributed by atoms with Gasteiger partial charge in [-0.3, -0.25) is 4.98 Å². The van der Waals surface area contributed by atoms with E-state index in [9.17, 15) is 4.79 Å². The van der Waals surface area contributed by atoms with E-state index in [1.54, 1.807) is 6.20 Å². The van der Waals surface area contributed by atoms with Crippen molar-refractivity contribution in [2.75, 3.05) is 6.61 Å². The van der Waals surface area contributed by atoms with E-state index in [1.807, 2.05) is 0 Å². The molecular weight excluding hydrogens is 248 g/mol. The maximum Gasteiger partial charge on any atom is 0.325 e. The van der Waals surface area contributed by atoms with E-state index in [-0.39, 0.29) is 5.69 Å². The Morgan fingerprint density at radius 2 is 2.11 bits per heavy atom. The summed E-state index contributed by atoms with van der Waals surface area (Å²) in [5.41, 5.74) is 0.876. The number of aromatic nitrogens is 4. The molecule has 98 valence electrons. The lowest BCUT2D eigenvalue weighted by atomic mass is 10.5. The number of nitrogens with one attached hydrogen (secondary N) is 2. The molecule has 0 aliphatic rings. The molecule has 0 unspecified atom stereocenters. The number of ether oxygens (including phenoxy) is 1. The first-order valence-corrected chi connectivity index (χ1v) is 9.66. The minimum Gasteiger partial charge on any atom is -0.374 e. The van der Waals surface area contributed by atoms with Gasteiger partial charge in [0.15, 0.2) is 11.5 Å². The molecule has 0 spiro atoms. The zero-order valence-electron chi connectivity index (χ0n) is 10.9. The van der Waals surface area contributed by atoms with E-state index in [0.717, 1.165) is 12.7 Å². The monoisotopic (exact) mass is 266 g/mol. The predicted octanol–water partition coefficient (Wildman–Crippen LogP) is 1.50. The van der Waals surface area contributed by atoms with Gasteiger partial charge in [-0.15, -0.1) is 0 Å². The first-order valence-electron chi connectivity index (χ1n) is 5.96. The summed E-state index contributed by atoms with van der Waals surface area (Å²) < 4.78 is 5.56. The topological polar surface area (TPSA) is 83.7 Å². The molecule has 7 heteroatoms. The van der Waals surface area contributed by atoms with Crippen LogP contribution in [0.25, 0.3) is 11.2 Å². The summed E-state index contributed by atoms with van der Waals surface area (Å²) in [6.45, 7) is 8.05. The fourth-order valence-corrected chi connectivity index (χ4v) is 2.23. The summed E-state index contributed by atoms with van der Waals surface area (Å²) in [5, 5.41) is 0. The van der Waals surface area contributed by atoms with Gasteiger partial charge in [-0.1, -0.05) is 19.6 Å². The molecule has 0 saturated carbocycles. The third kappa shape index (κ3) is 3.51. The first-order chi connectivity index (χ1) is 8.44. The molecule has 0 bridgehead atoms. The van der Waals surface area contributed by atoms with E-state index < -0.39 is 8.07 Å². The molecule has 2 aromatic rings. The van der Waals surface area contributed by atoms with E-state index in [2.05, 4.69) is 39.6 Å². The zero-order chi connectivity index (χ0) is 13.2. The van der Waals surface area contributed by atoms with Crippen LogP contribution in [0, 0.1) is 0 Å². The van der Waals surface area contributed by atoms with Crippen LogP contribution in [-0.4, -0.2) is 34.6 Å². The third-order valence-electron chi connectivity index (χ3n) is 2.55. The summed E-state index contributed by atoms with van der Waals surface area (Å²) in [6, 6.07) is 1.12. The van der Waals surface area contributed by atoms with Crippen molar-refractivity contribution in [3.8, 4) is 0 Å². The van der Waals surface area contributed by atoms with Crippen LogP contribution < -0.4 is 5.69 Å². The van der Waals surface area contributed by atoms with Crippen LogP contribution in [0.1, 0.15) is 5.82 Å². The zero-order valence-corrected chi connectivity index (χ0v) is 11.9. The second-order valence-corrected chi connectivity index (χ2v) is 11.1. The highest BCUT2D eigenvalue weighted by molar-refractivity contribution is 6.76. The normalized spacial score (nSPS) is 12.2. The van der Waals surface area contributed by atoms with Crippen molar-refractivity contribution in [1.82, 2.24) is 19.9 Å². The van der Waals surface area contributed by atoms with Gasteiger partial charge in [0.1, 0.15) is 12.1 Å². The second-order valence-electron chi connectivity index (χ2n) is 5.49. The fourth-order valence-electron chi connectivity index (χ4n) is 1.48. The second kappa shape index (κ2) is 5.03. The van der Waals surface area contributed by atoms with E-state index >= 15 is 0 Å². The molecule has 0 fully saturated rings. The fraction of sp³-hybridized carbons (Fsp3) is 0.545. The molecule has 18 heavy (non-hydrogen) atoms. The molecule has 0 saturated heterocycles. The lowest BCUT2D eigenvalue weighted by Crippen LogP contribution is -2.21. The maximum absolute atomic E-state index is 11.1. The Bertz CT molecular complexity index is 584. The number of H-pyrrole nitrogens is 2. The van der Waals surface area contributed by atoms with Gasteiger partial charge in [-0.25, -0.2) is 14.8 Å². The number of aromatic amines is 2. The highest BCUT2D eigenvalue weighted by atomic mass is 28.3. The SMILES string of the molecule is C[Si](C)(C)CCOCc1ncc2[nH]c(=O)[nH]c2n1. The van der Waals surface area contributed by atoms with Crippen LogP contribution >= 0.6 is 0 Å². The standard InChI is InChI=1S/C11H18N4O2Si/c1-18(2,3)5-4-17-7-9-12-6-8-10(14-9)15-11(16)13-8/h6H,4-5,7H2,1-3H3,(H2,12,13,14,15,16). The molecule has 2 heterocycles. The van der Waals surface area contributed by atoms with Crippen molar-refractivity contribution < 1.29 is 4.74 Å². The Hall–Kier alpha value is -1.47. The molecule has 0 aliphatic carbocycles. The van der Waals surface area contributed by atoms with Crippen LogP contribution in [-0.2, 0) is 11.3 Å². The Labute approximate surface area is 106 Å². The van der Waals surface area contributed by atoms with Crippen molar-refractivity contribution in [1.29, 1.82) is 0 Å². The summed E-state index contributed by atoms with van der Waals surface area (Å²) in [4.78, 5) is 24.6. The van der Waals surface area contributed by atoms with Gasteiger partial charge in [0, 0.05) is 14.7 Å². The summed E-state index contributed by atoms with van der Waals surface area (Å²) >= 11 is 0. The van der Waals surface area contributed by atoms with Crippen molar-refractivity contribution in [3.63, 3.8) is 0 Å². The summed E-state index contributed by atoms with van der Waals surface area (Å²) in [5.74, 6) is 0.591.